The number of hydrogen-bond donors (Lipinski definition) is 0. The highest BCUT2D eigenvalue weighted by atomic mass is 35.5. The zero-order valence-corrected chi connectivity index (χ0v) is 6.30. The zero-order valence-electron chi connectivity index (χ0n) is 5.55. The summed E-state index contributed by atoms with van der Waals surface area (Å²) in [4.78, 5) is 11.0. The van der Waals surface area contributed by atoms with Crippen LogP contribution in [0.2, 0.25) is 0 Å². The molecule has 56 valence electrons. The molecular formula is C7H9ClO2. The molecular weight excluding hydrogens is 152 g/mol. The monoisotopic (exact) mass is 160 g/mol. The van der Waals surface area contributed by atoms with Gasteiger partial charge in [0.1, 0.15) is 0 Å². The average Bonchev–Trinajstić information content (AvgIpc) is 2.43. The summed E-state index contributed by atoms with van der Waals surface area (Å²) in [6.45, 7) is 1.55. The molecule has 0 bridgehead atoms. The topological polar surface area (TPSA) is 26.3 Å². The van der Waals surface area contributed by atoms with Crippen molar-refractivity contribution in [2.24, 2.45) is 17.8 Å². The second kappa shape index (κ2) is 2.21. The maximum Gasteiger partial charge on any atom is 0.151 e. The standard InChI is InChI=1S/C7H9ClO2/c8-1-6(9)7-4-2-10-3-5(4)7/h4-5,7H,1-3H2/t4-,5+,7+. The van der Waals surface area contributed by atoms with E-state index in [-0.39, 0.29) is 17.6 Å². The normalized spacial score (nSPS) is 43.1. The Hall–Kier alpha value is -0.0800. The maximum absolute atomic E-state index is 11.0. The average molecular weight is 161 g/mol. The maximum atomic E-state index is 11.0. The molecule has 0 unspecified atom stereocenters. The molecule has 0 radical (unpaired) electrons. The van der Waals surface area contributed by atoms with E-state index in [1.165, 1.54) is 0 Å². The van der Waals surface area contributed by atoms with Gasteiger partial charge < -0.3 is 4.74 Å². The molecule has 3 heteroatoms. The van der Waals surface area contributed by atoms with Crippen LogP contribution in [0.3, 0.4) is 0 Å². The van der Waals surface area contributed by atoms with E-state index in [9.17, 15) is 4.79 Å². The molecule has 10 heavy (non-hydrogen) atoms. The molecule has 0 amide bonds. The predicted molar refractivity (Wildman–Crippen MR) is 37.0 cm³/mol. The number of Topliss-reactive ketones (excluding diaryl/α,β-unsaturated/α-hetero) is 1. The van der Waals surface area contributed by atoms with Crippen LogP contribution in [0.1, 0.15) is 0 Å². The van der Waals surface area contributed by atoms with Crippen molar-refractivity contribution in [2.45, 2.75) is 0 Å². The molecule has 3 atom stereocenters. The number of alkyl halides is 1. The first-order valence-corrected chi connectivity index (χ1v) is 4.04. The summed E-state index contributed by atoms with van der Waals surface area (Å²) in [6, 6.07) is 0. The lowest BCUT2D eigenvalue weighted by Crippen LogP contribution is -2.10. The van der Waals surface area contributed by atoms with Crippen LogP contribution in [0.15, 0.2) is 0 Å². The van der Waals surface area contributed by atoms with Gasteiger partial charge in [-0.05, 0) is 11.8 Å². The molecule has 1 aliphatic heterocycles. The third-order valence-corrected chi connectivity index (χ3v) is 2.72. The molecule has 0 N–H and O–H groups in total. The van der Waals surface area contributed by atoms with Crippen LogP contribution in [0.25, 0.3) is 0 Å². The number of ether oxygens (including phenoxy) is 1. The van der Waals surface area contributed by atoms with E-state index in [2.05, 4.69) is 0 Å². The van der Waals surface area contributed by atoms with Gasteiger partial charge in [-0.2, -0.15) is 0 Å². The van der Waals surface area contributed by atoms with E-state index in [1.807, 2.05) is 0 Å². The molecule has 2 nitrogen and oxygen atoms in total. The van der Waals surface area contributed by atoms with Gasteiger partial charge in [-0.25, -0.2) is 0 Å². The highest BCUT2D eigenvalue weighted by Crippen LogP contribution is 2.51. The van der Waals surface area contributed by atoms with Crippen molar-refractivity contribution >= 4 is 17.4 Å². The van der Waals surface area contributed by atoms with Gasteiger partial charge in [0, 0.05) is 5.92 Å². The minimum atomic E-state index is 0.178. The lowest BCUT2D eigenvalue weighted by atomic mass is 10.2. The lowest BCUT2D eigenvalue weighted by Gasteiger charge is -1.98. The minimum Gasteiger partial charge on any atom is -0.381 e. The molecule has 2 aliphatic rings. The summed E-state index contributed by atoms with van der Waals surface area (Å²) in [5.41, 5.74) is 0. The quantitative estimate of drug-likeness (QED) is 0.556. The number of rotatable bonds is 2. The molecule has 0 aromatic heterocycles. The summed E-state index contributed by atoms with van der Waals surface area (Å²) in [5.74, 6) is 1.68. The molecule has 1 saturated heterocycles. The van der Waals surface area contributed by atoms with Crippen LogP contribution < -0.4 is 0 Å². The smallest absolute Gasteiger partial charge is 0.151 e. The van der Waals surface area contributed by atoms with E-state index in [4.69, 9.17) is 16.3 Å². The first-order valence-electron chi connectivity index (χ1n) is 3.51. The van der Waals surface area contributed by atoms with Gasteiger partial charge in [-0.1, -0.05) is 0 Å². The van der Waals surface area contributed by atoms with E-state index >= 15 is 0 Å². The summed E-state index contributed by atoms with van der Waals surface area (Å²) in [6.07, 6.45) is 0. The van der Waals surface area contributed by atoms with Crippen molar-refractivity contribution in [3.63, 3.8) is 0 Å². The van der Waals surface area contributed by atoms with Crippen LogP contribution in [-0.2, 0) is 9.53 Å². The van der Waals surface area contributed by atoms with Crippen molar-refractivity contribution in [1.29, 1.82) is 0 Å². The van der Waals surface area contributed by atoms with Gasteiger partial charge in [0.15, 0.2) is 5.78 Å². The predicted octanol–water partition coefficient (Wildman–Crippen LogP) is 0.687. The molecule has 1 heterocycles. The van der Waals surface area contributed by atoms with Gasteiger partial charge >= 0.3 is 0 Å². The SMILES string of the molecule is O=C(CCl)[C@H]1[C@@H]2COC[C@@H]21. The fourth-order valence-electron chi connectivity index (χ4n) is 1.81. The molecule has 1 saturated carbocycles. The summed E-state index contributed by atoms with van der Waals surface area (Å²) < 4.78 is 5.14. The molecule has 2 fully saturated rings. The second-order valence-electron chi connectivity index (χ2n) is 2.99. The van der Waals surface area contributed by atoms with Gasteiger partial charge in [0.05, 0.1) is 19.1 Å². The molecule has 1 aliphatic carbocycles. The fraction of sp³-hybridized carbons (Fsp3) is 0.857. The van der Waals surface area contributed by atoms with Crippen molar-refractivity contribution in [1.82, 2.24) is 0 Å². The molecule has 0 aromatic carbocycles. The van der Waals surface area contributed by atoms with Gasteiger partial charge in [-0.15, -0.1) is 11.6 Å². The number of hydrogen-bond acceptors (Lipinski definition) is 2. The van der Waals surface area contributed by atoms with Gasteiger partial charge in [-0.3, -0.25) is 4.79 Å². The Morgan fingerprint density at radius 2 is 2.10 bits per heavy atom. The summed E-state index contributed by atoms with van der Waals surface area (Å²) in [5, 5.41) is 0. The molecule has 2 rings (SSSR count). The highest BCUT2D eigenvalue weighted by Gasteiger charge is 2.57. The number of carbonyl (C=O) groups excluding carboxylic acids is 1. The second-order valence-corrected chi connectivity index (χ2v) is 3.26. The fourth-order valence-corrected chi connectivity index (χ4v) is 1.98. The third kappa shape index (κ3) is 0.789. The Kier molecular flexibility index (Phi) is 1.46. The first-order chi connectivity index (χ1) is 4.84. The van der Waals surface area contributed by atoms with E-state index in [0.29, 0.717) is 11.8 Å². The third-order valence-electron chi connectivity index (χ3n) is 2.46. The highest BCUT2D eigenvalue weighted by molar-refractivity contribution is 6.28. The van der Waals surface area contributed by atoms with E-state index in [1.54, 1.807) is 0 Å². The van der Waals surface area contributed by atoms with Crippen LogP contribution in [-0.4, -0.2) is 24.9 Å². The summed E-state index contributed by atoms with van der Waals surface area (Å²) >= 11 is 5.41. The van der Waals surface area contributed by atoms with Crippen LogP contribution in [0.5, 0.6) is 0 Å². The van der Waals surface area contributed by atoms with Crippen molar-refractivity contribution in [2.75, 3.05) is 19.1 Å². The number of carbonyl (C=O) groups is 1. The van der Waals surface area contributed by atoms with Crippen molar-refractivity contribution in [3.05, 3.63) is 0 Å². The number of halogens is 1. The zero-order chi connectivity index (χ0) is 7.14. The Bertz CT molecular complexity index is 159. The van der Waals surface area contributed by atoms with E-state index < -0.39 is 0 Å². The Morgan fingerprint density at radius 1 is 1.50 bits per heavy atom. The lowest BCUT2D eigenvalue weighted by molar-refractivity contribution is -0.119. The summed E-state index contributed by atoms with van der Waals surface area (Å²) in [7, 11) is 0. The van der Waals surface area contributed by atoms with Gasteiger partial charge in [0.25, 0.3) is 0 Å². The van der Waals surface area contributed by atoms with Crippen LogP contribution >= 0.6 is 11.6 Å². The molecule has 0 spiro atoms. The number of ketones is 1. The Morgan fingerprint density at radius 3 is 2.60 bits per heavy atom. The van der Waals surface area contributed by atoms with E-state index in [0.717, 1.165) is 13.2 Å². The minimum absolute atomic E-state index is 0.178. The van der Waals surface area contributed by atoms with Crippen molar-refractivity contribution in [3.8, 4) is 0 Å². The molecule has 0 aromatic rings. The van der Waals surface area contributed by atoms with Gasteiger partial charge in [0.2, 0.25) is 0 Å². The van der Waals surface area contributed by atoms with Crippen LogP contribution in [0, 0.1) is 17.8 Å². The largest absolute Gasteiger partial charge is 0.381 e. The Balaban J connectivity index is 1.94. The Labute approximate surface area is 64.5 Å². The van der Waals surface area contributed by atoms with Crippen molar-refractivity contribution < 1.29 is 9.53 Å². The van der Waals surface area contributed by atoms with Crippen LogP contribution in [0.4, 0.5) is 0 Å². The number of fused-ring (bicyclic) bond motifs is 1. The first kappa shape index (κ1) is 6.62.